The predicted molar refractivity (Wildman–Crippen MR) is 80.4 cm³/mol. The molecule has 0 aliphatic heterocycles. The summed E-state index contributed by atoms with van der Waals surface area (Å²) in [5.74, 6) is -0.0437. The third kappa shape index (κ3) is 3.61. The zero-order valence-electron chi connectivity index (χ0n) is 11.9. The molecule has 2 rings (SSSR count). The molecule has 1 N–H and O–H groups in total. The maximum absolute atomic E-state index is 12.0. The standard InChI is InChI=1S/C15H18N2O3S/c1-2-21(19,20)17-12-6-7-13-11(10-12)5-8-15(18)14(13)4-3-9-16/h6-7,10,14,17H,2-5,8H2,1H3/t14-/m1/s1. The van der Waals surface area contributed by atoms with E-state index in [0.717, 1.165) is 11.1 Å². The summed E-state index contributed by atoms with van der Waals surface area (Å²) in [6.45, 7) is 1.58. The second-order valence-corrected chi connectivity index (χ2v) is 7.15. The molecule has 0 fully saturated rings. The Balaban J connectivity index is 2.29. The van der Waals surface area contributed by atoms with E-state index in [2.05, 4.69) is 10.8 Å². The first-order valence-electron chi connectivity index (χ1n) is 7.00. The Morgan fingerprint density at radius 3 is 2.81 bits per heavy atom. The van der Waals surface area contributed by atoms with E-state index >= 15 is 0 Å². The number of fused-ring (bicyclic) bond motifs is 1. The fourth-order valence-electron chi connectivity index (χ4n) is 2.61. The number of rotatable bonds is 5. The van der Waals surface area contributed by atoms with Crippen molar-refractivity contribution in [1.82, 2.24) is 0 Å². The van der Waals surface area contributed by atoms with Gasteiger partial charge in [-0.05, 0) is 43.0 Å². The van der Waals surface area contributed by atoms with Crippen LogP contribution in [0.1, 0.15) is 43.2 Å². The van der Waals surface area contributed by atoms with Crippen molar-refractivity contribution in [3.63, 3.8) is 0 Å². The number of nitriles is 1. The van der Waals surface area contributed by atoms with Gasteiger partial charge in [0.2, 0.25) is 10.0 Å². The van der Waals surface area contributed by atoms with Gasteiger partial charge in [-0.1, -0.05) is 6.07 Å². The van der Waals surface area contributed by atoms with Crippen LogP contribution in [0.25, 0.3) is 0 Å². The van der Waals surface area contributed by atoms with Gasteiger partial charge in [-0.2, -0.15) is 5.26 Å². The third-order valence-corrected chi connectivity index (χ3v) is 5.05. The van der Waals surface area contributed by atoms with Crippen molar-refractivity contribution in [2.75, 3.05) is 10.5 Å². The minimum atomic E-state index is -3.30. The summed E-state index contributed by atoms with van der Waals surface area (Å²) in [4.78, 5) is 12.0. The van der Waals surface area contributed by atoms with Crippen molar-refractivity contribution in [3.8, 4) is 6.07 Å². The lowest BCUT2D eigenvalue weighted by molar-refractivity contribution is -0.121. The summed E-state index contributed by atoms with van der Waals surface area (Å²) in [7, 11) is -3.30. The number of anilines is 1. The molecule has 1 aromatic rings. The Labute approximate surface area is 125 Å². The van der Waals surface area contributed by atoms with Gasteiger partial charge in [-0.15, -0.1) is 0 Å². The Bertz CT molecular complexity index is 689. The number of aryl methyl sites for hydroxylation is 1. The molecule has 0 saturated heterocycles. The fourth-order valence-corrected chi connectivity index (χ4v) is 3.24. The second-order valence-electron chi connectivity index (χ2n) is 5.13. The normalized spacial score (nSPS) is 17.9. The van der Waals surface area contributed by atoms with Crippen molar-refractivity contribution in [3.05, 3.63) is 29.3 Å². The van der Waals surface area contributed by atoms with Gasteiger partial charge in [0.15, 0.2) is 0 Å². The first kappa shape index (κ1) is 15.5. The van der Waals surface area contributed by atoms with E-state index in [4.69, 9.17) is 5.26 Å². The molecule has 21 heavy (non-hydrogen) atoms. The molecular formula is C15H18N2O3S. The molecule has 1 aromatic carbocycles. The number of benzene rings is 1. The molecule has 0 aromatic heterocycles. The topological polar surface area (TPSA) is 87.0 Å². The van der Waals surface area contributed by atoms with Gasteiger partial charge in [-0.25, -0.2) is 8.42 Å². The fraction of sp³-hybridized carbons (Fsp3) is 0.467. The molecule has 0 spiro atoms. The number of hydrogen-bond acceptors (Lipinski definition) is 4. The summed E-state index contributed by atoms with van der Waals surface area (Å²) in [5.41, 5.74) is 2.46. The van der Waals surface area contributed by atoms with E-state index in [0.29, 0.717) is 31.4 Å². The summed E-state index contributed by atoms with van der Waals surface area (Å²) >= 11 is 0. The minimum Gasteiger partial charge on any atom is -0.299 e. The molecule has 6 heteroatoms. The summed E-state index contributed by atoms with van der Waals surface area (Å²) in [5, 5.41) is 8.69. The number of ketones is 1. The van der Waals surface area contributed by atoms with Crippen LogP contribution in [0, 0.1) is 11.3 Å². The predicted octanol–water partition coefficient (Wildman–Crippen LogP) is 2.35. The van der Waals surface area contributed by atoms with Crippen LogP contribution in [0.3, 0.4) is 0 Å². The van der Waals surface area contributed by atoms with E-state index < -0.39 is 10.0 Å². The lowest BCUT2D eigenvalue weighted by atomic mass is 9.79. The first-order chi connectivity index (χ1) is 9.96. The Hall–Kier alpha value is -1.87. The van der Waals surface area contributed by atoms with Crippen LogP contribution < -0.4 is 4.72 Å². The molecule has 0 saturated carbocycles. The number of nitrogens with one attached hydrogen (secondary N) is 1. The van der Waals surface area contributed by atoms with E-state index in [-0.39, 0.29) is 17.5 Å². The van der Waals surface area contributed by atoms with Gasteiger partial charge in [0.05, 0.1) is 11.8 Å². The lowest BCUT2D eigenvalue weighted by Crippen LogP contribution is -2.21. The van der Waals surface area contributed by atoms with Gasteiger partial charge in [-0.3, -0.25) is 9.52 Å². The van der Waals surface area contributed by atoms with Crippen molar-refractivity contribution in [1.29, 1.82) is 5.26 Å². The molecule has 0 unspecified atom stereocenters. The van der Waals surface area contributed by atoms with E-state index in [1.807, 2.05) is 6.07 Å². The van der Waals surface area contributed by atoms with Gasteiger partial charge in [0.25, 0.3) is 0 Å². The number of carbonyl (C=O) groups excluding carboxylic acids is 1. The number of Topliss-reactive ketones (excluding diaryl/α,β-unsaturated/α-hetero) is 1. The smallest absolute Gasteiger partial charge is 0.232 e. The zero-order chi connectivity index (χ0) is 15.5. The van der Waals surface area contributed by atoms with Crippen LogP contribution in [-0.4, -0.2) is 20.0 Å². The molecule has 1 aliphatic carbocycles. The molecule has 0 bridgehead atoms. The average molecular weight is 306 g/mol. The summed E-state index contributed by atoms with van der Waals surface area (Å²) in [6, 6.07) is 7.36. The minimum absolute atomic E-state index is 0.0212. The van der Waals surface area contributed by atoms with E-state index in [1.165, 1.54) is 0 Å². The quantitative estimate of drug-likeness (QED) is 0.904. The zero-order valence-corrected chi connectivity index (χ0v) is 12.7. The molecule has 1 aliphatic rings. The van der Waals surface area contributed by atoms with Crippen LogP contribution >= 0.6 is 0 Å². The SMILES string of the molecule is CCS(=O)(=O)Nc1ccc2c(c1)CCC(=O)[C@@H]2CCC#N. The van der Waals surface area contributed by atoms with E-state index in [9.17, 15) is 13.2 Å². The summed E-state index contributed by atoms with van der Waals surface area (Å²) < 4.78 is 25.7. The average Bonchev–Trinajstić information content (AvgIpc) is 2.46. The van der Waals surface area contributed by atoms with Crippen molar-refractivity contribution < 1.29 is 13.2 Å². The van der Waals surface area contributed by atoms with Crippen LogP contribution in [0.15, 0.2) is 18.2 Å². The Morgan fingerprint density at radius 1 is 1.38 bits per heavy atom. The van der Waals surface area contributed by atoms with Crippen LogP contribution in [0.5, 0.6) is 0 Å². The molecule has 1 atom stereocenters. The van der Waals surface area contributed by atoms with Crippen LogP contribution in [-0.2, 0) is 21.2 Å². The Kier molecular flexibility index (Phi) is 4.63. The van der Waals surface area contributed by atoms with Gasteiger partial charge in [0, 0.05) is 24.4 Å². The highest BCUT2D eigenvalue weighted by Gasteiger charge is 2.27. The van der Waals surface area contributed by atoms with Crippen LogP contribution in [0.2, 0.25) is 0 Å². The maximum Gasteiger partial charge on any atom is 0.232 e. The number of sulfonamides is 1. The highest BCUT2D eigenvalue weighted by atomic mass is 32.2. The van der Waals surface area contributed by atoms with Crippen LogP contribution in [0.4, 0.5) is 5.69 Å². The monoisotopic (exact) mass is 306 g/mol. The molecule has 0 radical (unpaired) electrons. The number of hydrogen-bond donors (Lipinski definition) is 1. The molecule has 5 nitrogen and oxygen atoms in total. The van der Waals surface area contributed by atoms with Crippen molar-refractivity contribution >= 4 is 21.5 Å². The van der Waals surface area contributed by atoms with Gasteiger partial charge < -0.3 is 0 Å². The third-order valence-electron chi connectivity index (χ3n) is 3.75. The van der Waals surface area contributed by atoms with Crippen molar-refractivity contribution in [2.24, 2.45) is 0 Å². The highest BCUT2D eigenvalue weighted by Crippen LogP contribution is 2.34. The largest absolute Gasteiger partial charge is 0.299 e. The summed E-state index contributed by atoms with van der Waals surface area (Å²) in [6.07, 6.45) is 1.95. The highest BCUT2D eigenvalue weighted by molar-refractivity contribution is 7.92. The molecule has 0 amide bonds. The number of nitrogens with zero attached hydrogens (tertiary/aromatic N) is 1. The first-order valence-corrected chi connectivity index (χ1v) is 8.65. The molecule has 0 heterocycles. The molecular weight excluding hydrogens is 288 g/mol. The second kappa shape index (κ2) is 6.27. The lowest BCUT2D eigenvalue weighted by Gasteiger charge is -2.24. The van der Waals surface area contributed by atoms with E-state index in [1.54, 1.807) is 19.1 Å². The van der Waals surface area contributed by atoms with Gasteiger partial charge in [0.1, 0.15) is 5.78 Å². The van der Waals surface area contributed by atoms with Gasteiger partial charge >= 0.3 is 0 Å². The molecule has 112 valence electrons. The number of carbonyl (C=O) groups is 1. The maximum atomic E-state index is 12.0. The Morgan fingerprint density at radius 2 is 2.14 bits per heavy atom. The van der Waals surface area contributed by atoms with Crippen molar-refractivity contribution in [2.45, 2.75) is 38.5 Å².